The third-order valence-electron chi connectivity index (χ3n) is 4.61. The van der Waals surface area contributed by atoms with Crippen molar-refractivity contribution in [2.45, 2.75) is 26.2 Å². The molecule has 1 aliphatic heterocycles. The second kappa shape index (κ2) is 6.78. The molecular formula is C20H17ClFN3O2. The molecule has 1 amide bonds. The molecule has 5 nitrogen and oxygen atoms in total. The van der Waals surface area contributed by atoms with Gasteiger partial charge < -0.3 is 9.42 Å². The van der Waals surface area contributed by atoms with Crippen LogP contribution >= 0.6 is 11.6 Å². The van der Waals surface area contributed by atoms with Crippen molar-refractivity contribution in [3.63, 3.8) is 0 Å². The van der Waals surface area contributed by atoms with Crippen LogP contribution in [0.15, 0.2) is 40.9 Å². The highest BCUT2D eigenvalue weighted by Gasteiger charge is 2.35. The van der Waals surface area contributed by atoms with Crippen LogP contribution in [0.1, 0.15) is 29.4 Å². The van der Waals surface area contributed by atoms with Crippen LogP contribution in [0.3, 0.4) is 0 Å². The van der Waals surface area contributed by atoms with Gasteiger partial charge in [-0.1, -0.05) is 22.8 Å². The summed E-state index contributed by atoms with van der Waals surface area (Å²) in [6.45, 7) is 4.48. The minimum absolute atomic E-state index is 0.0160. The molecule has 2 aromatic carbocycles. The summed E-state index contributed by atoms with van der Waals surface area (Å²) in [4.78, 5) is 18.6. The first-order valence-corrected chi connectivity index (χ1v) is 8.96. The van der Waals surface area contributed by atoms with Gasteiger partial charge in [0.1, 0.15) is 5.82 Å². The zero-order valence-corrected chi connectivity index (χ0v) is 15.6. The monoisotopic (exact) mass is 385 g/mol. The predicted octanol–water partition coefficient (Wildman–Crippen LogP) is 4.67. The normalized spacial score (nSPS) is 17.0. The number of aryl methyl sites for hydroxylation is 2. The molecule has 0 spiro atoms. The van der Waals surface area contributed by atoms with E-state index in [1.54, 1.807) is 11.0 Å². The quantitative estimate of drug-likeness (QED) is 0.657. The van der Waals surface area contributed by atoms with E-state index in [2.05, 4.69) is 16.2 Å². The van der Waals surface area contributed by atoms with Gasteiger partial charge in [0.2, 0.25) is 17.6 Å². The number of anilines is 1. The van der Waals surface area contributed by atoms with E-state index in [1.165, 1.54) is 12.1 Å². The second-order valence-corrected chi connectivity index (χ2v) is 7.24. The lowest BCUT2D eigenvalue weighted by Crippen LogP contribution is -2.24. The van der Waals surface area contributed by atoms with Gasteiger partial charge in [-0.3, -0.25) is 4.79 Å². The van der Waals surface area contributed by atoms with Crippen LogP contribution in [0.4, 0.5) is 10.1 Å². The van der Waals surface area contributed by atoms with Gasteiger partial charge >= 0.3 is 0 Å². The average Bonchev–Trinajstić information content (AvgIpc) is 3.23. The highest BCUT2D eigenvalue weighted by atomic mass is 35.5. The predicted molar refractivity (Wildman–Crippen MR) is 100 cm³/mol. The number of halogens is 2. The second-order valence-electron chi connectivity index (χ2n) is 6.84. The molecule has 0 radical (unpaired) electrons. The van der Waals surface area contributed by atoms with Crippen molar-refractivity contribution in [2.75, 3.05) is 11.4 Å². The molecule has 3 aromatic rings. The lowest BCUT2D eigenvalue weighted by Gasteiger charge is -2.17. The third-order valence-corrected chi connectivity index (χ3v) is 4.92. The van der Waals surface area contributed by atoms with Crippen molar-refractivity contribution < 1.29 is 13.7 Å². The first kappa shape index (κ1) is 17.7. The number of carbonyl (C=O) groups excluding carboxylic acids is 1. The van der Waals surface area contributed by atoms with Crippen LogP contribution in [0, 0.1) is 19.7 Å². The first-order valence-electron chi connectivity index (χ1n) is 8.58. The summed E-state index contributed by atoms with van der Waals surface area (Å²) >= 11 is 5.71. The maximum Gasteiger partial charge on any atom is 0.232 e. The van der Waals surface area contributed by atoms with E-state index in [0.717, 1.165) is 16.8 Å². The summed E-state index contributed by atoms with van der Waals surface area (Å²) in [6.07, 6.45) is 0.295. The fourth-order valence-electron chi connectivity index (χ4n) is 3.38. The molecule has 0 bridgehead atoms. The number of hydrogen-bond acceptors (Lipinski definition) is 4. The molecule has 1 fully saturated rings. The summed E-state index contributed by atoms with van der Waals surface area (Å²) < 4.78 is 19.0. The van der Waals surface area contributed by atoms with Crippen LogP contribution in [0.5, 0.6) is 0 Å². The Balaban J connectivity index is 1.57. The van der Waals surface area contributed by atoms with Crippen LogP contribution in [0.2, 0.25) is 5.02 Å². The molecular weight excluding hydrogens is 369 g/mol. The maximum absolute atomic E-state index is 13.7. The number of hydrogen-bond donors (Lipinski definition) is 0. The average molecular weight is 386 g/mol. The van der Waals surface area contributed by atoms with E-state index in [1.807, 2.05) is 26.0 Å². The maximum atomic E-state index is 13.7. The number of nitrogens with zero attached hydrogens (tertiary/aromatic N) is 3. The van der Waals surface area contributed by atoms with E-state index < -0.39 is 5.82 Å². The van der Waals surface area contributed by atoms with Gasteiger partial charge in [0, 0.05) is 24.2 Å². The Morgan fingerprint density at radius 2 is 1.93 bits per heavy atom. The summed E-state index contributed by atoms with van der Waals surface area (Å²) in [5.74, 6) is -0.0741. The standard InChI is InChI=1S/C20H17ClFN3O2/c1-11-5-12(2)7-15(6-11)25-10-14(9-18(25)26)20-23-19(24-27-20)13-3-4-16(21)17(22)8-13/h3-8,14H,9-10H2,1-2H3. The molecule has 0 aliphatic carbocycles. The molecule has 2 heterocycles. The molecule has 138 valence electrons. The Bertz CT molecular complexity index is 1010. The van der Waals surface area contributed by atoms with Gasteiger partial charge in [-0.15, -0.1) is 0 Å². The lowest BCUT2D eigenvalue weighted by atomic mass is 10.1. The van der Waals surface area contributed by atoms with Crippen LogP contribution in [0.25, 0.3) is 11.4 Å². The van der Waals surface area contributed by atoms with Crippen LogP contribution in [-0.2, 0) is 4.79 Å². The van der Waals surface area contributed by atoms with Crippen LogP contribution in [-0.4, -0.2) is 22.6 Å². The van der Waals surface area contributed by atoms with Gasteiger partial charge in [0.15, 0.2) is 0 Å². The van der Waals surface area contributed by atoms with Crippen molar-refractivity contribution in [2.24, 2.45) is 0 Å². The fraction of sp³-hybridized carbons (Fsp3) is 0.250. The van der Waals surface area contributed by atoms with Gasteiger partial charge in [0.05, 0.1) is 10.9 Å². The number of benzene rings is 2. The minimum Gasteiger partial charge on any atom is -0.339 e. The van der Waals surface area contributed by atoms with E-state index in [4.69, 9.17) is 16.1 Å². The first-order chi connectivity index (χ1) is 12.9. The van der Waals surface area contributed by atoms with Crippen molar-refractivity contribution in [3.05, 3.63) is 64.3 Å². The summed E-state index contributed by atoms with van der Waals surface area (Å²) in [6, 6.07) is 10.4. The van der Waals surface area contributed by atoms with E-state index in [0.29, 0.717) is 24.4 Å². The third kappa shape index (κ3) is 3.45. The molecule has 4 rings (SSSR count). The van der Waals surface area contributed by atoms with Gasteiger partial charge in [-0.2, -0.15) is 4.98 Å². The number of amides is 1. The number of aromatic nitrogens is 2. The van der Waals surface area contributed by atoms with Crippen molar-refractivity contribution in [1.82, 2.24) is 10.1 Å². The lowest BCUT2D eigenvalue weighted by molar-refractivity contribution is -0.117. The molecule has 1 atom stereocenters. The molecule has 1 saturated heterocycles. The fourth-order valence-corrected chi connectivity index (χ4v) is 3.50. The molecule has 1 aromatic heterocycles. The van der Waals surface area contributed by atoms with E-state index in [9.17, 15) is 9.18 Å². The topological polar surface area (TPSA) is 59.2 Å². The molecule has 1 aliphatic rings. The van der Waals surface area contributed by atoms with Crippen LogP contribution < -0.4 is 4.90 Å². The molecule has 0 N–H and O–H groups in total. The van der Waals surface area contributed by atoms with Crippen molar-refractivity contribution >= 4 is 23.2 Å². The van der Waals surface area contributed by atoms with Crippen molar-refractivity contribution in [1.29, 1.82) is 0 Å². The molecule has 27 heavy (non-hydrogen) atoms. The summed E-state index contributed by atoms with van der Waals surface area (Å²) in [7, 11) is 0. The largest absolute Gasteiger partial charge is 0.339 e. The highest BCUT2D eigenvalue weighted by Crippen LogP contribution is 2.33. The SMILES string of the molecule is Cc1cc(C)cc(N2CC(c3nc(-c4ccc(Cl)c(F)c4)no3)CC2=O)c1. The molecule has 7 heteroatoms. The van der Waals surface area contributed by atoms with E-state index in [-0.39, 0.29) is 22.7 Å². The van der Waals surface area contributed by atoms with E-state index >= 15 is 0 Å². The van der Waals surface area contributed by atoms with Gasteiger partial charge in [-0.05, 0) is 55.3 Å². The smallest absolute Gasteiger partial charge is 0.232 e. The van der Waals surface area contributed by atoms with Crippen molar-refractivity contribution in [3.8, 4) is 11.4 Å². The van der Waals surface area contributed by atoms with Gasteiger partial charge in [-0.25, -0.2) is 4.39 Å². The Kier molecular flexibility index (Phi) is 4.44. The number of carbonyl (C=O) groups is 1. The zero-order valence-electron chi connectivity index (χ0n) is 14.9. The number of rotatable bonds is 3. The minimum atomic E-state index is -0.544. The Morgan fingerprint density at radius 3 is 2.63 bits per heavy atom. The van der Waals surface area contributed by atoms with Gasteiger partial charge in [0.25, 0.3) is 0 Å². The molecule has 0 saturated carbocycles. The summed E-state index contributed by atoms with van der Waals surface area (Å²) in [5.41, 5.74) is 3.55. The zero-order chi connectivity index (χ0) is 19.1. The summed E-state index contributed by atoms with van der Waals surface area (Å²) in [5, 5.41) is 3.96. The molecule has 1 unspecified atom stereocenters. The Labute approximate surface area is 160 Å². The highest BCUT2D eigenvalue weighted by molar-refractivity contribution is 6.30. The Hall–Kier alpha value is -2.73. The Morgan fingerprint density at radius 1 is 1.19 bits per heavy atom.